The second-order valence-corrected chi connectivity index (χ2v) is 6.22. The van der Waals surface area contributed by atoms with Crippen LogP contribution in [0, 0.1) is 5.82 Å². The van der Waals surface area contributed by atoms with Gasteiger partial charge in [0.15, 0.2) is 0 Å². The molecule has 3 rings (SSSR count). The van der Waals surface area contributed by atoms with Crippen LogP contribution in [-0.4, -0.2) is 12.5 Å². The number of nitrogens with two attached hydrogens (primary N) is 1. The van der Waals surface area contributed by atoms with Gasteiger partial charge in [0.05, 0.1) is 0 Å². The van der Waals surface area contributed by atoms with Gasteiger partial charge >= 0.3 is 0 Å². The van der Waals surface area contributed by atoms with Crippen molar-refractivity contribution in [3.05, 3.63) is 71.0 Å². The topological polar surface area (TPSA) is 55.1 Å². The third-order valence-electron chi connectivity index (χ3n) is 4.81. The summed E-state index contributed by atoms with van der Waals surface area (Å²) in [4.78, 5) is 12.3. The van der Waals surface area contributed by atoms with E-state index in [1.807, 2.05) is 24.3 Å². The number of halogens is 2. The van der Waals surface area contributed by atoms with E-state index in [9.17, 15) is 9.18 Å². The molecule has 0 heterocycles. The summed E-state index contributed by atoms with van der Waals surface area (Å²) >= 11 is 0. The van der Waals surface area contributed by atoms with Crippen molar-refractivity contribution in [1.29, 1.82) is 0 Å². The van der Waals surface area contributed by atoms with Crippen LogP contribution in [0.4, 0.5) is 4.39 Å². The zero-order valence-corrected chi connectivity index (χ0v) is 14.2. The number of carbonyl (C=O) groups excluding carboxylic acids is 1. The number of carbonyl (C=O) groups is 1. The molecule has 1 fully saturated rings. The molecule has 5 heteroatoms. The molecular formula is C19H22ClFN2O. The Kier molecular flexibility index (Phi) is 5.97. The molecule has 2 aromatic rings. The minimum atomic E-state index is -0.229. The maximum absolute atomic E-state index is 13.1. The average Bonchev–Trinajstić information content (AvgIpc) is 2.55. The predicted octanol–water partition coefficient (Wildman–Crippen LogP) is 3.56. The van der Waals surface area contributed by atoms with E-state index in [2.05, 4.69) is 5.32 Å². The summed E-state index contributed by atoms with van der Waals surface area (Å²) in [6.07, 6.45) is 3.18. The Bertz CT molecular complexity index is 682. The lowest BCUT2D eigenvalue weighted by Gasteiger charge is -2.42. The van der Waals surface area contributed by atoms with Crippen LogP contribution in [0.2, 0.25) is 0 Å². The number of hydrogen-bond donors (Lipinski definition) is 2. The lowest BCUT2D eigenvalue weighted by molar-refractivity contribution is 0.0928. The van der Waals surface area contributed by atoms with E-state index in [0.717, 1.165) is 30.4 Å². The van der Waals surface area contributed by atoms with Crippen molar-refractivity contribution >= 4 is 18.3 Å². The van der Waals surface area contributed by atoms with Crippen molar-refractivity contribution < 1.29 is 9.18 Å². The van der Waals surface area contributed by atoms with Crippen LogP contribution >= 0.6 is 12.4 Å². The Morgan fingerprint density at radius 2 is 1.71 bits per heavy atom. The summed E-state index contributed by atoms with van der Waals surface area (Å²) in [6, 6.07) is 14.0. The fourth-order valence-electron chi connectivity index (χ4n) is 3.12. The standard InChI is InChI=1S/C19H21FN2O.ClH/c20-17-8-6-16(7-9-17)19(10-1-11-19)13-22-18(23)15-4-2-14(12-21)3-5-15;/h2-9H,1,10-13,21H2,(H,22,23);1H. The first-order valence-corrected chi connectivity index (χ1v) is 7.96. The van der Waals surface area contributed by atoms with Crippen LogP contribution in [0.1, 0.15) is 40.7 Å². The van der Waals surface area contributed by atoms with Gasteiger partial charge in [0.25, 0.3) is 5.91 Å². The van der Waals surface area contributed by atoms with Crippen molar-refractivity contribution in [2.24, 2.45) is 5.73 Å². The smallest absolute Gasteiger partial charge is 0.251 e. The van der Waals surface area contributed by atoms with E-state index in [0.29, 0.717) is 18.7 Å². The molecule has 24 heavy (non-hydrogen) atoms. The number of amides is 1. The summed E-state index contributed by atoms with van der Waals surface area (Å²) in [5.41, 5.74) is 8.25. The van der Waals surface area contributed by atoms with Crippen molar-refractivity contribution in [2.45, 2.75) is 31.2 Å². The highest BCUT2D eigenvalue weighted by atomic mass is 35.5. The fraction of sp³-hybridized carbons (Fsp3) is 0.316. The van der Waals surface area contributed by atoms with Gasteiger partial charge in [-0.25, -0.2) is 4.39 Å². The quantitative estimate of drug-likeness (QED) is 0.868. The summed E-state index contributed by atoms with van der Waals surface area (Å²) in [5, 5.41) is 3.03. The van der Waals surface area contributed by atoms with Gasteiger partial charge in [0.2, 0.25) is 0 Å². The van der Waals surface area contributed by atoms with Gasteiger partial charge in [-0.15, -0.1) is 12.4 Å². The summed E-state index contributed by atoms with van der Waals surface area (Å²) < 4.78 is 13.1. The van der Waals surface area contributed by atoms with E-state index in [1.54, 1.807) is 12.1 Å². The molecule has 0 saturated heterocycles. The molecule has 2 aromatic carbocycles. The maximum Gasteiger partial charge on any atom is 0.251 e. The summed E-state index contributed by atoms with van der Waals surface area (Å²) in [5.74, 6) is -0.311. The molecule has 0 bridgehead atoms. The van der Waals surface area contributed by atoms with Crippen LogP contribution < -0.4 is 11.1 Å². The van der Waals surface area contributed by atoms with Crippen molar-refractivity contribution in [1.82, 2.24) is 5.32 Å². The van der Waals surface area contributed by atoms with Gasteiger partial charge in [-0.2, -0.15) is 0 Å². The second kappa shape index (κ2) is 7.77. The molecule has 0 atom stereocenters. The van der Waals surface area contributed by atoms with Crippen molar-refractivity contribution in [3.63, 3.8) is 0 Å². The molecular weight excluding hydrogens is 327 g/mol. The molecule has 1 aliphatic carbocycles. The van der Waals surface area contributed by atoms with Gasteiger partial charge in [0.1, 0.15) is 5.82 Å². The largest absolute Gasteiger partial charge is 0.351 e. The maximum atomic E-state index is 13.1. The van der Waals surface area contributed by atoms with Gasteiger partial charge in [0, 0.05) is 24.1 Å². The fourth-order valence-corrected chi connectivity index (χ4v) is 3.12. The van der Waals surface area contributed by atoms with E-state index < -0.39 is 0 Å². The molecule has 128 valence electrons. The molecule has 0 unspecified atom stereocenters. The number of benzene rings is 2. The van der Waals surface area contributed by atoms with Crippen LogP contribution in [0.3, 0.4) is 0 Å². The minimum Gasteiger partial charge on any atom is -0.351 e. The first kappa shape index (κ1) is 18.4. The monoisotopic (exact) mass is 348 g/mol. The highest BCUT2D eigenvalue weighted by molar-refractivity contribution is 5.94. The van der Waals surface area contributed by atoms with Gasteiger partial charge in [-0.05, 0) is 48.2 Å². The third kappa shape index (κ3) is 3.77. The van der Waals surface area contributed by atoms with Gasteiger partial charge < -0.3 is 11.1 Å². The lowest BCUT2D eigenvalue weighted by Crippen LogP contribution is -2.45. The van der Waals surface area contributed by atoms with Crippen molar-refractivity contribution in [2.75, 3.05) is 6.54 Å². The zero-order chi connectivity index (χ0) is 16.3. The normalized spacial score (nSPS) is 15.1. The Labute approximate surface area is 147 Å². The Balaban J connectivity index is 0.00000208. The summed E-state index contributed by atoms with van der Waals surface area (Å²) in [7, 11) is 0. The molecule has 1 saturated carbocycles. The first-order chi connectivity index (χ1) is 11.1. The Morgan fingerprint density at radius 3 is 2.21 bits per heavy atom. The van der Waals surface area contributed by atoms with Crippen molar-refractivity contribution in [3.8, 4) is 0 Å². The van der Waals surface area contributed by atoms with Crippen LogP contribution in [0.5, 0.6) is 0 Å². The lowest BCUT2D eigenvalue weighted by atomic mass is 9.64. The van der Waals surface area contributed by atoms with Gasteiger partial charge in [-0.1, -0.05) is 30.7 Å². The Morgan fingerprint density at radius 1 is 1.08 bits per heavy atom. The van der Waals surface area contributed by atoms with E-state index in [1.165, 1.54) is 12.1 Å². The highest BCUT2D eigenvalue weighted by Gasteiger charge is 2.38. The first-order valence-electron chi connectivity index (χ1n) is 7.96. The van der Waals surface area contributed by atoms with E-state index in [4.69, 9.17) is 5.73 Å². The van der Waals surface area contributed by atoms with Gasteiger partial charge in [-0.3, -0.25) is 4.79 Å². The van der Waals surface area contributed by atoms with E-state index in [-0.39, 0.29) is 29.5 Å². The summed E-state index contributed by atoms with van der Waals surface area (Å²) in [6.45, 7) is 1.05. The molecule has 0 aromatic heterocycles. The van der Waals surface area contributed by atoms with E-state index >= 15 is 0 Å². The third-order valence-corrected chi connectivity index (χ3v) is 4.81. The minimum absolute atomic E-state index is 0. The number of rotatable bonds is 5. The average molecular weight is 349 g/mol. The molecule has 1 aliphatic rings. The number of nitrogens with one attached hydrogen (secondary N) is 1. The van der Waals surface area contributed by atoms with Crippen LogP contribution in [-0.2, 0) is 12.0 Å². The molecule has 0 aliphatic heterocycles. The Hall–Kier alpha value is -1.91. The SMILES string of the molecule is Cl.NCc1ccc(C(=O)NCC2(c3ccc(F)cc3)CCC2)cc1. The molecule has 3 nitrogen and oxygen atoms in total. The second-order valence-electron chi connectivity index (χ2n) is 6.22. The zero-order valence-electron chi connectivity index (χ0n) is 13.4. The highest BCUT2D eigenvalue weighted by Crippen LogP contribution is 2.43. The molecule has 0 radical (unpaired) electrons. The predicted molar refractivity (Wildman–Crippen MR) is 95.8 cm³/mol. The van der Waals surface area contributed by atoms with Crippen LogP contribution in [0.25, 0.3) is 0 Å². The van der Waals surface area contributed by atoms with Crippen LogP contribution in [0.15, 0.2) is 48.5 Å². The molecule has 3 N–H and O–H groups in total. The molecule has 1 amide bonds. The molecule has 0 spiro atoms. The number of hydrogen-bond acceptors (Lipinski definition) is 2.